The average Bonchev–Trinajstić information content (AvgIpc) is 2.49. The van der Waals surface area contributed by atoms with Crippen molar-refractivity contribution < 1.29 is 14.3 Å². The lowest BCUT2D eigenvalue weighted by Crippen LogP contribution is -2.29. The molecule has 0 aliphatic carbocycles. The summed E-state index contributed by atoms with van der Waals surface area (Å²) >= 11 is 5.20. The van der Waals surface area contributed by atoms with E-state index in [4.69, 9.17) is 17.0 Å². The summed E-state index contributed by atoms with van der Waals surface area (Å²) in [6.07, 6.45) is 1.19. The highest BCUT2D eigenvalue weighted by Crippen LogP contribution is 2.10. The molecule has 5 nitrogen and oxygen atoms in total. The van der Waals surface area contributed by atoms with Crippen LogP contribution in [0.4, 0.5) is 5.69 Å². The number of carbonyl (C=O) groups excluding carboxylic acids is 1. The molecule has 1 rings (SSSR count). The molecule has 0 radical (unpaired) electrons. The molecule has 0 unspecified atom stereocenters. The number of nitrogens with one attached hydrogen (secondary N) is 2. The van der Waals surface area contributed by atoms with Crippen LogP contribution >= 0.6 is 12.2 Å². The molecule has 0 spiro atoms. The van der Waals surface area contributed by atoms with Crippen molar-refractivity contribution in [2.75, 3.05) is 32.2 Å². The summed E-state index contributed by atoms with van der Waals surface area (Å²) in [7, 11) is 1.38. The van der Waals surface area contributed by atoms with Crippen molar-refractivity contribution in [3.63, 3.8) is 0 Å². The fourth-order valence-corrected chi connectivity index (χ4v) is 1.86. The summed E-state index contributed by atoms with van der Waals surface area (Å²) in [4.78, 5) is 11.2. The van der Waals surface area contributed by atoms with Gasteiger partial charge < -0.3 is 20.1 Å². The molecule has 0 fully saturated rings. The van der Waals surface area contributed by atoms with Crippen molar-refractivity contribution in [1.82, 2.24) is 5.32 Å². The maximum Gasteiger partial charge on any atom is 0.309 e. The Morgan fingerprint density at radius 3 is 2.62 bits per heavy atom. The van der Waals surface area contributed by atoms with Crippen LogP contribution in [0.25, 0.3) is 0 Å². The Bertz CT molecular complexity index is 449. The Hall–Kier alpha value is -1.66. The highest BCUT2D eigenvalue weighted by Gasteiger charge is 2.03. The van der Waals surface area contributed by atoms with Gasteiger partial charge in [-0.15, -0.1) is 0 Å². The number of hydrogen-bond donors (Lipinski definition) is 2. The smallest absolute Gasteiger partial charge is 0.309 e. The van der Waals surface area contributed by atoms with Crippen molar-refractivity contribution >= 4 is 29.0 Å². The van der Waals surface area contributed by atoms with Gasteiger partial charge >= 0.3 is 5.97 Å². The number of ether oxygens (including phenoxy) is 2. The Labute approximate surface area is 131 Å². The summed E-state index contributed by atoms with van der Waals surface area (Å²) < 4.78 is 9.87. The van der Waals surface area contributed by atoms with Crippen LogP contribution in [-0.4, -0.2) is 38.0 Å². The first kappa shape index (κ1) is 17.4. The zero-order valence-corrected chi connectivity index (χ0v) is 13.3. The van der Waals surface area contributed by atoms with Crippen LogP contribution in [0.1, 0.15) is 18.9 Å². The van der Waals surface area contributed by atoms with Crippen LogP contribution in [0.5, 0.6) is 0 Å². The quantitative estimate of drug-likeness (QED) is 0.436. The third kappa shape index (κ3) is 7.63. The van der Waals surface area contributed by atoms with E-state index in [-0.39, 0.29) is 12.4 Å². The van der Waals surface area contributed by atoms with E-state index in [1.807, 2.05) is 31.2 Å². The van der Waals surface area contributed by atoms with Crippen molar-refractivity contribution in [2.24, 2.45) is 0 Å². The second-order valence-electron chi connectivity index (χ2n) is 4.38. The van der Waals surface area contributed by atoms with Gasteiger partial charge in [-0.2, -0.15) is 0 Å². The van der Waals surface area contributed by atoms with Gasteiger partial charge in [-0.25, -0.2) is 0 Å². The topological polar surface area (TPSA) is 59.6 Å². The monoisotopic (exact) mass is 310 g/mol. The second kappa shape index (κ2) is 10.1. The Balaban J connectivity index is 2.31. The molecular formula is C15H22N2O3S. The molecule has 21 heavy (non-hydrogen) atoms. The molecule has 0 aliphatic rings. The van der Waals surface area contributed by atoms with Crippen LogP contribution in [0.15, 0.2) is 24.3 Å². The lowest BCUT2D eigenvalue weighted by molar-refractivity contribution is -0.139. The van der Waals surface area contributed by atoms with E-state index in [0.717, 1.165) is 37.4 Å². The maximum atomic E-state index is 11.2. The summed E-state index contributed by atoms with van der Waals surface area (Å²) in [5.74, 6) is -0.248. The van der Waals surface area contributed by atoms with Crippen molar-refractivity contribution in [3.8, 4) is 0 Å². The molecule has 2 N–H and O–H groups in total. The first-order valence-corrected chi connectivity index (χ1v) is 7.35. The van der Waals surface area contributed by atoms with Gasteiger partial charge in [0.05, 0.1) is 13.5 Å². The Kier molecular flexibility index (Phi) is 8.38. The van der Waals surface area contributed by atoms with Crippen molar-refractivity contribution in [1.29, 1.82) is 0 Å². The lowest BCUT2D eigenvalue weighted by Gasteiger charge is -2.11. The van der Waals surface area contributed by atoms with Crippen LogP contribution in [0, 0.1) is 0 Å². The highest BCUT2D eigenvalue weighted by atomic mass is 32.1. The molecule has 1 aromatic rings. The SMILES string of the molecule is CCOCCCNC(=S)Nc1ccc(CC(=O)OC)cc1. The zero-order chi connectivity index (χ0) is 15.5. The molecule has 0 heterocycles. The minimum atomic E-state index is -0.248. The van der Waals surface area contributed by atoms with E-state index in [0.29, 0.717) is 5.11 Å². The summed E-state index contributed by atoms with van der Waals surface area (Å²) in [5, 5.41) is 6.78. The highest BCUT2D eigenvalue weighted by molar-refractivity contribution is 7.80. The summed E-state index contributed by atoms with van der Waals surface area (Å²) in [6.45, 7) is 4.21. The molecule has 0 aromatic heterocycles. The maximum absolute atomic E-state index is 11.2. The van der Waals surface area contributed by atoms with Crippen LogP contribution in [-0.2, 0) is 20.7 Å². The number of rotatable bonds is 8. The average molecular weight is 310 g/mol. The van der Waals surface area contributed by atoms with Gasteiger partial charge in [-0.1, -0.05) is 12.1 Å². The summed E-state index contributed by atoms with van der Waals surface area (Å²) in [6, 6.07) is 7.51. The standard InChI is InChI=1S/C15H22N2O3S/c1-3-20-10-4-9-16-15(21)17-13-7-5-12(6-8-13)11-14(18)19-2/h5-8H,3-4,9-11H2,1-2H3,(H2,16,17,21). The van der Waals surface area contributed by atoms with Crippen LogP contribution in [0.3, 0.4) is 0 Å². The van der Waals surface area contributed by atoms with E-state index in [9.17, 15) is 4.79 Å². The molecule has 0 saturated carbocycles. The Morgan fingerprint density at radius 1 is 1.29 bits per heavy atom. The predicted molar refractivity (Wildman–Crippen MR) is 87.5 cm³/mol. The molecule has 0 aliphatic heterocycles. The van der Waals surface area contributed by atoms with Gasteiger partial charge in [0, 0.05) is 25.4 Å². The molecule has 0 amide bonds. The predicted octanol–water partition coefficient (Wildman–Crippen LogP) is 2.12. The van der Waals surface area contributed by atoms with Crippen LogP contribution < -0.4 is 10.6 Å². The number of hydrogen-bond acceptors (Lipinski definition) is 4. The van der Waals surface area contributed by atoms with Crippen LogP contribution in [0.2, 0.25) is 0 Å². The van der Waals surface area contributed by atoms with E-state index in [2.05, 4.69) is 15.4 Å². The zero-order valence-electron chi connectivity index (χ0n) is 12.5. The molecule has 0 saturated heterocycles. The van der Waals surface area contributed by atoms with Crippen molar-refractivity contribution in [3.05, 3.63) is 29.8 Å². The summed E-state index contributed by atoms with van der Waals surface area (Å²) in [5.41, 5.74) is 1.79. The number of methoxy groups -OCH3 is 1. The van der Waals surface area contributed by atoms with Gasteiger partial charge in [0.2, 0.25) is 0 Å². The molecule has 6 heteroatoms. The number of carbonyl (C=O) groups is 1. The van der Waals surface area contributed by atoms with Gasteiger partial charge in [0.15, 0.2) is 5.11 Å². The second-order valence-corrected chi connectivity index (χ2v) is 4.79. The molecule has 116 valence electrons. The van der Waals surface area contributed by atoms with Gasteiger partial charge in [-0.3, -0.25) is 4.79 Å². The number of anilines is 1. The van der Waals surface area contributed by atoms with Gasteiger partial charge in [0.1, 0.15) is 0 Å². The minimum Gasteiger partial charge on any atom is -0.469 e. The Morgan fingerprint density at radius 2 is 2.00 bits per heavy atom. The number of esters is 1. The molecule has 0 bridgehead atoms. The van der Waals surface area contributed by atoms with Gasteiger partial charge in [0.25, 0.3) is 0 Å². The van der Waals surface area contributed by atoms with E-state index in [1.165, 1.54) is 7.11 Å². The van der Waals surface area contributed by atoms with E-state index >= 15 is 0 Å². The molecule has 1 aromatic carbocycles. The first-order valence-electron chi connectivity index (χ1n) is 6.94. The largest absolute Gasteiger partial charge is 0.469 e. The van der Waals surface area contributed by atoms with E-state index < -0.39 is 0 Å². The van der Waals surface area contributed by atoms with E-state index in [1.54, 1.807) is 0 Å². The number of benzene rings is 1. The number of thiocarbonyl (C=S) groups is 1. The molecular weight excluding hydrogens is 288 g/mol. The van der Waals surface area contributed by atoms with Crippen molar-refractivity contribution in [2.45, 2.75) is 19.8 Å². The molecule has 0 atom stereocenters. The first-order chi connectivity index (χ1) is 10.2. The lowest BCUT2D eigenvalue weighted by atomic mass is 10.1. The fourth-order valence-electron chi connectivity index (χ4n) is 1.64. The minimum absolute atomic E-state index is 0.248. The third-order valence-corrected chi connectivity index (χ3v) is 2.99. The third-order valence-electron chi connectivity index (χ3n) is 2.74. The van der Waals surface area contributed by atoms with Gasteiger partial charge in [-0.05, 0) is 43.3 Å². The fraction of sp³-hybridized carbons (Fsp3) is 0.467. The normalized spacial score (nSPS) is 10.0.